The van der Waals surface area contributed by atoms with Crippen molar-refractivity contribution >= 4 is 41.8 Å². The number of β-amino-alcohol motifs (C(OH)–C–C–N with tert-alkyl or cyclic N) is 1. The molecule has 3 amide bonds. The molecule has 0 unspecified atom stereocenters. The molecule has 2 saturated carbocycles. The summed E-state index contributed by atoms with van der Waals surface area (Å²) in [7, 11) is 0. The van der Waals surface area contributed by atoms with E-state index in [9.17, 15) is 48.2 Å². The van der Waals surface area contributed by atoms with E-state index in [1.807, 2.05) is 13.8 Å². The van der Waals surface area contributed by atoms with Gasteiger partial charge in [-0.15, -0.1) is 0 Å². The fourth-order valence-corrected chi connectivity index (χ4v) is 9.14. The predicted molar refractivity (Wildman–Crippen MR) is 220 cm³/mol. The Hall–Kier alpha value is -4.80. The maximum atomic E-state index is 14.1. The number of carboxylic acid groups (broad SMARTS) is 1. The zero-order valence-electron chi connectivity index (χ0n) is 37.5. The van der Waals surface area contributed by atoms with Crippen molar-refractivity contribution in [2.45, 2.75) is 162 Å². The number of Topliss-reactive ketones (excluding diaryl/α,β-unsaturated/α-hetero) is 2. The zero-order chi connectivity index (χ0) is 46.1. The molecule has 0 radical (unpaired) electrons. The van der Waals surface area contributed by atoms with Gasteiger partial charge in [0.05, 0.1) is 55.3 Å². The van der Waals surface area contributed by atoms with E-state index in [-0.39, 0.29) is 93.7 Å². The van der Waals surface area contributed by atoms with Gasteiger partial charge in [0.25, 0.3) is 0 Å². The third-order valence-corrected chi connectivity index (χ3v) is 12.5. The molecule has 0 bridgehead atoms. The molecule has 4 fully saturated rings. The van der Waals surface area contributed by atoms with Crippen LogP contribution in [0.4, 0.5) is 18.8 Å². The number of carbonyl (C=O) groups is 7. The highest BCUT2D eigenvalue weighted by atomic mass is 19.1. The van der Waals surface area contributed by atoms with Crippen LogP contribution < -0.4 is 0 Å². The summed E-state index contributed by atoms with van der Waals surface area (Å²) in [5.74, 6) is -2.25. The van der Waals surface area contributed by atoms with E-state index in [2.05, 4.69) is 0 Å². The maximum absolute atomic E-state index is 14.1. The molecule has 62 heavy (non-hydrogen) atoms. The molecule has 2 aliphatic carbocycles. The molecule has 2 saturated heterocycles. The molecular weight excluding hydrogens is 810 g/mol. The SMILES string of the molecule is CCOC(=O)[C@@]1(CC(=O)[C@@H]2C[C@@H](OC(=O)N3Cc4cccc(F)c4C3)CN2C(=O)OC(C)(C)C)C[C@H]1CC.CC[C@@H]1C[C@]1(CC(=O)[C@@H]1C[C@@H](O)CN1C(=O)OC(C)(C)C)C(=O)O. The number of aliphatic hydroxyl groups excluding tert-OH is 1. The summed E-state index contributed by atoms with van der Waals surface area (Å²) in [6, 6.07) is 3.00. The van der Waals surface area contributed by atoms with Gasteiger partial charge in [-0.25, -0.2) is 18.8 Å². The van der Waals surface area contributed by atoms with Crippen molar-refractivity contribution in [3.63, 3.8) is 0 Å². The number of esters is 1. The molecule has 3 heterocycles. The molecule has 3 aliphatic heterocycles. The fraction of sp³-hybridized carbons (Fsp3) is 0.711. The van der Waals surface area contributed by atoms with Gasteiger partial charge in [-0.1, -0.05) is 38.8 Å². The largest absolute Gasteiger partial charge is 0.481 e. The summed E-state index contributed by atoms with van der Waals surface area (Å²) in [6.45, 7) is 16.5. The molecule has 16 nitrogen and oxygen atoms in total. The minimum Gasteiger partial charge on any atom is -0.481 e. The number of hydrogen-bond donors (Lipinski definition) is 2. The maximum Gasteiger partial charge on any atom is 0.411 e. The zero-order valence-corrected chi connectivity index (χ0v) is 37.5. The Balaban J connectivity index is 0.000000260. The lowest BCUT2D eigenvalue weighted by Gasteiger charge is -2.28. The Bertz CT molecular complexity index is 1910. The summed E-state index contributed by atoms with van der Waals surface area (Å²) in [4.78, 5) is 92.8. The van der Waals surface area contributed by atoms with Crippen molar-refractivity contribution in [3.05, 3.63) is 35.1 Å². The Morgan fingerprint density at radius 1 is 0.758 bits per heavy atom. The second kappa shape index (κ2) is 18.5. The van der Waals surface area contributed by atoms with Crippen LogP contribution in [0.15, 0.2) is 18.2 Å². The summed E-state index contributed by atoms with van der Waals surface area (Å²) < 4.78 is 35.9. The van der Waals surface area contributed by atoms with Gasteiger partial charge in [-0.3, -0.25) is 33.9 Å². The number of hydrogen-bond acceptors (Lipinski definition) is 12. The Labute approximate surface area is 362 Å². The van der Waals surface area contributed by atoms with Crippen molar-refractivity contribution in [2.24, 2.45) is 22.7 Å². The summed E-state index contributed by atoms with van der Waals surface area (Å²) in [5, 5.41) is 19.3. The smallest absolute Gasteiger partial charge is 0.411 e. The van der Waals surface area contributed by atoms with Gasteiger partial charge in [0, 0.05) is 37.8 Å². The Kier molecular flexibility index (Phi) is 14.4. The second-order valence-corrected chi connectivity index (χ2v) is 19.4. The van der Waals surface area contributed by atoms with Crippen LogP contribution >= 0.6 is 0 Å². The number of likely N-dealkylation sites (tertiary alicyclic amines) is 2. The molecule has 6 rings (SSSR count). The van der Waals surface area contributed by atoms with Gasteiger partial charge < -0.3 is 29.2 Å². The highest BCUT2D eigenvalue weighted by Crippen LogP contribution is 2.59. The molecule has 17 heteroatoms. The minimum atomic E-state index is -1.00. The molecule has 0 aromatic heterocycles. The molecule has 8 atom stereocenters. The molecule has 344 valence electrons. The predicted octanol–water partition coefficient (Wildman–Crippen LogP) is 6.41. The summed E-state index contributed by atoms with van der Waals surface area (Å²) in [5.41, 5.74) is -2.19. The van der Waals surface area contributed by atoms with E-state index in [1.54, 1.807) is 60.6 Å². The van der Waals surface area contributed by atoms with E-state index in [0.717, 1.165) is 12.0 Å². The highest BCUT2D eigenvalue weighted by Gasteiger charge is 2.62. The standard InChI is InChI=1S/C28H37FN2O7.C17H27NO6/c1-6-18-12-28(18,24(33)36-7-2)13-23(32)22-11-19(15-31(22)26(35)38-27(3,4)5)37-25(34)30-14-17-9-8-10-21(29)20(17)16-30;1-5-10-7-17(10,14(21)22)8-13(20)12-6-11(19)9-18(12)15(23)24-16(2,3)4/h8-10,18-19,22H,6-7,11-16H2,1-5H3;10-12,19H,5-9H2,1-4H3,(H,21,22)/t18-,19-,22+,28-;10-,11-,12+,17-/m11/s1. The topological polar surface area (TPSA) is 207 Å². The molecule has 0 spiro atoms. The average Bonchev–Trinajstić information content (AvgIpc) is 3.81. The molecule has 1 aromatic rings. The van der Waals surface area contributed by atoms with E-state index in [1.165, 1.54) is 20.8 Å². The van der Waals surface area contributed by atoms with Crippen LogP contribution in [0.5, 0.6) is 0 Å². The van der Waals surface area contributed by atoms with Gasteiger partial charge >= 0.3 is 30.2 Å². The minimum absolute atomic E-state index is 0.000234. The monoisotopic (exact) mass is 873 g/mol. The molecular formula is C45H64FN3O13. The number of fused-ring (bicyclic) bond motifs is 1. The number of ketones is 2. The van der Waals surface area contributed by atoms with E-state index in [0.29, 0.717) is 24.8 Å². The van der Waals surface area contributed by atoms with Crippen LogP contribution in [0.2, 0.25) is 0 Å². The number of aliphatic hydroxyl groups is 1. The van der Waals surface area contributed by atoms with Crippen molar-refractivity contribution in [2.75, 3.05) is 19.7 Å². The Morgan fingerprint density at radius 2 is 1.29 bits per heavy atom. The number of nitrogens with zero attached hydrogens (tertiary/aromatic N) is 3. The number of amides is 3. The number of carboxylic acids is 1. The molecule has 5 aliphatic rings. The number of ether oxygens (including phenoxy) is 4. The lowest BCUT2D eigenvalue weighted by Crippen LogP contribution is -2.44. The van der Waals surface area contributed by atoms with E-state index >= 15 is 0 Å². The first kappa shape index (κ1) is 48.2. The number of halogens is 1. The third-order valence-electron chi connectivity index (χ3n) is 12.5. The molecule has 1 aromatic carbocycles. The van der Waals surface area contributed by atoms with Gasteiger partial charge in [-0.2, -0.15) is 0 Å². The van der Waals surface area contributed by atoms with Crippen molar-refractivity contribution in [1.82, 2.24) is 14.7 Å². The van der Waals surface area contributed by atoms with Gasteiger partial charge in [-0.05, 0) is 84.8 Å². The third kappa shape index (κ3) is 10.9. The fourth-order valence-electron chi connectivity index (χ4n) is 9.14. The van der Waals surface area contributed by atoms with Crippen LogP contribution in [-0.2, 0) is 51.2 Å². The number of rotatable bonds is 12. The number of carbonyl (C=O) groups excluding carboxylic acids is 6. The van der Waals surface area contributed by atoms with E-state index < -0.39 is 70.6 Å². The van der Waals surface area contributed by atoms with Crippen molar-refractivity contribution in [1.29, 1.82) is 0 Å². The number of benzene rings is 1. The van der Waals surface area contributed by atoms with Crippen molar-refractivity contribution in [3.8, 4) is 0 Å². The van der Waals surface area contributed by atoms with Gasteiger partial charge in [0.15, 0.2) is 11.6 Å². The quantitative estimate of drug-likeness (QED) is 0.172. The normalized spacial score (nSPS) is 28.6. The van der Waals surface area contributed by atoms with Crippen LogP contribution in [0.1, 0.15) is 125 Å². The van der Waals surface area contributed by atoms with Crippen LogP contribution in [-0.4, -0.2) is 122 Å². The first-order valence-corrected chi connectivity index (χ1v) is 21.7. The van der Waals surface area contributed by atoms with Gasteiger partial charge in [0.2, 0.25) is 0 Å². The Morgan fingerprint density at radius 3 is 1.79 bits per heavy atom. The first-order chi connectivity index (χ1) is 28.9. The highest BCUT2D eigenvalue weighted by molar-refractivity contribution is 5.95. The molecule has 2 N–H and O–H groups in total. The van der Waals surface area contributed by atoms with Crippen LogP contribution in [0, 0.1) is 28.5 Å². The van der Waals surface area contributed by atoms with Crippen LogP contribution in [0.25, 0.3) is 0 Å². The lowest BCUT2D eigenvalue weighted by molar-refractivity contribution is -0.152. The lowest BCUT2D eigenvalue weighted by atomic mass is 9.91. The van der Waals surface area contributed by atoms with Crippen LogP contribution in [0.3, 0.4) is 0 Å². The summed E-state index contributed by atoms with van der Waals surface area (Å²) in [6.07, 6.45) is -0.933. The average molecular weight is 874 g/mol. The first-order valence-electron chi connectivity index (χ1n) is 21.7. The second-order valence-electron chi connectivity index (χ2n) is 19.4. The van der Waals surface area contributed by atoms with E-state index in [4.69, 9.17) is 18.9 Å². The van der Waals surface area contributed by atoms with Gasteiger partial charge in [0.1, 0.15) is 23.1 Å². The number of aliphatic carboxylic acids is 1. The summed E-state index contributed by atoms with van der Waals surface area (Å²) >= 11 is 0. The van der Waals surface area contributed by atoms with Crippen molar-refractivity contribution < 1.29 is 67.1 Å².